The number of hydrogen-bond donors (Lipinski definition) is 3. The van der Waals surface area contributed by atoms with E-state index in [0.717, 1.165) is 13.1 Å². The van der Waals surface area contributed by atoms with Crippen LogP contribution in [0.25, 0.3) is 11.2 Å². The third-order valence-electron chi connectivity index (χ3n) is 5.30. The number of aromatic nitrogens is 4. The van der Waals surface area contributed by atoms with E-state index in [1.807, 2.05) is 0 Å². The van der Waals surface area contributed by atoms with Crippen molar-refractivity contribution in [2.45, 2.75) is 45.6 Å². The fraction of sp³-hybridized carbons (Fsp3) is 0.667. The molecule has 3 heterocycles. The summed E-state index contributed by atoms with van der Waals surface area (Å²) < 4.78 is 1.28. The molecule has 1 aliphatic rings. The standard InChI is InChI=1S/C18H28N6O3/c1-11-5-4-8-24(10-11)12(2)9-19-14(25)7-6-13-20-15-16(21-13)23(3)18(27)22-17(15)26/h11-12H,4-10H2,1-3H3,(H,19,25)(H,20,21)(H,22,26,27). The number of carbonyl (C=O) groups is 1. The molecule has 0 spiro atoms. The molecule has 9 heteroatoms. The Morgan fingerprint density at radius 2 is 2.15 bits per heavy atom. The molecular weight excluding hydrogens is 348 g/mol. The van der Waals surface area contributed by atoms with E-state index >= 15 is 0 Å². The highest BCUT2D eigenvalue weighted by atomic mass is 16.2. The van der Waals surface area contributed by atoms with E-state index in [-0.39, 0.29) is 17.8 Å². The third kappa shape index (κ3) is 4.47. The number of carbonyl (C=O) groups excluding carboxylic acids is 1. The number of H-pyrrole nitrogens is 2. The molecule has 1 amide bonds. The molecule has 9 nitrogen and oxygen atoms in total. The summed E-state index contributed by atoms with van der Waals surface area (Å²) >= 11 is 0. The van der Waals surface area contributed by atoms with Gasteiger partial charge in [-0.1, -0.05) is 6.92 Å². The topological polar surface area (TPSA) is 116 Å². The van der Waals surface area contributed by atoms with Crippen LogP contribution in [0.4, 0.5) is 0 Å². The average molecular weight is 376 g/mol. The second-order valence-corrected chi connectivity index (χ2v) is 7.60. The van der Waals surface area contributed by atoms with Gasteiger partial charge in [-0.05, 0) is 32.2 Å². The predicted molar refractivity (Wildman–Crippen MR) is 103 cm³/mol. The molecular formula is C18H28N6O3. The van der Waals surface area contributed by atoms with Crippen molar-refractivity contribution in [3.05, 3.63) is 26.7 Å². The third-order valence-corrected chi connectivity index (χ3v) is 5.30. The van der Waals surface area contributed by atoms with E-state index in [0.29, 0.717) is 36.4 Å². The predicted octanol–water partition coefficient (Wildman–Crippen LogP) is 0.119. The number of aromatic amines is 2. The molecule has 2 aromatic rings. The van der Waals surface area contributed by atoms with Gasteiger partial charge in [0, 0.05) is 39.0 Å². The van der Waals surface area contributed by atoms with Gasteiger partial charge in [-0.15, -0.1) is 0 Å². The van der Waals surface area contributed by atoms with E-state index in [9.17, 15) is 14.4 Å². The molecule has 1 aliphatic heterocycles. The highest BCUT2D eigenvalue weighted by Crippen LogP contribution is 2.17. The zero-order chi connectivity index (χ0) is 19.6. The first-order valence-electron chi connectivity index (χ1n) is 9.53. The Kier molecular flexibility index (Phi) is 5.79. The number of nitrogens with one attached hydrogen (secondary N) is 3. The Morgan fingerprint density at radius 1 is 1.37 bits per heavy atom. The SMILES string of the molecule is CC1CCCN(C(C)CNC(=O)CCc2nc3c([nH]2)c(=O)[nH]c(=O)n3C)C1. The maximum atomic E-state index is 12.2. The minimum Gasteiger partial charge on any atom is -0.355 e. The van der Waals surface area contributed by atoms with Crippen LogP contribution < -0.4 is 16.6 Å². The summed E-state index contributed by atoms with van der Waals surface area (Å²) in [5, 5.41) is 2.99. The number of nitrogens with zero attached hydrogens (tertiary/aromatic N) is 3. The van der Waals surface area contributed by atoms with Crippen LogP contribution in [-0.2, 0) is 18.3 Å². The Morgan fingerprint density at radius 3 is 2.89 bits per heavy atom. The molecule has 148 valence electrons. The van der Waals surface area contributed by atoms with E-state index in [1.165, 1.54) is 17.4 Å². The molecule has 3 N–H and O–H groups in total. The van der Waals surface area contributed by atoms with Gasteiger partial charge in [0.2, 0.25) is 5.91 Å². The number of fused-ring (bicyclic) bond motifs is 1. The molecule has 2 aromatic heterocycles. The summed E-state index contributed by atoms with van der Waals surface area (Å²) in [4.78, 5) is 47.5. The Labute approximate surface area is 157 Å². The second kappa shape index (κ2) is 8.08. The lowest BCUT2D eigenvalue weighted by Gasteiger charge is -2.35. The number of piperidine rings is 1. The van der Waals surface area contributed by atoms with Gasteiger partial charge in [-0.25, -0.2) is 9.78 Å². The van der Waals surface area contributed by atoms with Gasteiger partial charge < -0.3 is 10.3 Å². The Balaban J connectivity index is 1.53. The Hall–Kier alpha value is -2.42. The fourth-order valence-electron chi connectivity index (χ4n) is 3.61. The highest BCUT2D eigenvalue weighted by molar-refractivity contribution is 5.76. The van der Waals surface area contributed by atoms with Crippen molar-refractivity contribution in [3.8, 4) is 0 Å². The van der Waals surface area contributed by atoms with Crippen LogP contribution in [0, 0.1) is 5.92 Å². The highest BCUT2D eigenvalue weighted by Gasteiger charge is 2.21. The first-order chi connectivity index (χ1) is 12.8. The number of imidazole rings is 1. The summed E-state index contributed by atoms with van der Waals surface area (Å²) in [5.74, 6) is 1.18. The van der Waals surface area contributed by atoms with Crippen molar-refractivity contribution >= 4 is 17.1 Å². The quantitative estimate of drug-likeness (QED) is 0.662. The average Bonchev–Trinajstić information content (AvgIpc) is 3.07. The van der Waals surface area contributed by atoms with Crippen LogP contribution in [0.2, 0.25) is 0 Å². The summed E-state index contributed by atoms with van der Waals surface area (Å²) in [6, 6.07) is 0.316. The van der Waals surface area contributed by atoms with Crippen LogP contribution >= 0.6 is 0 Å². The lowest BCUT2D eigenvalue weighted by Crippen LogP contribution is -2.46. The molecule has 0 bridgehead atoms. The number of rotatable bonds is 6. The van der Waals surface area contributed by atoms with Gasteiger partial charge in [0.25, 0.3) is 5.56 Å². The molecule has 2 atom stereocenters. The smallest absolute Gasteiger partial charge is 0.329 e. The normalized spacial score (nSPS) is 19.3. The second-order valence-electron chi connectivity index (χ2n) is 7.60. The lowest BCUT2D eigenvalue weighted by atomic mass is 9.99. The maximum absolute atomic E-state index is 12.2. The molecule has 1 saturated heterocycles. The van der Waals surface area contributed by atoms with E-state index in [1.54, 1.807) is 7.05 Å². The molecule has 0 radical (unpaired) electrons. The lowest BCUT2D eigenvalue weighted by molar-refractivity contribution is -0.121. The van der Waals surface area contributed by atoms with Gasteiger partial charge in [-0.3, -0.25) is 24.0 Å². The number of likely N-dealkylation sites (tertiary alicyclic amines) is 1. The van der Waals surface area contributed by atoms with Crippen LogP contribution in [0.1, 0.15) is 38.9 Å². The van der Waals surface area contributed by atoms with Gasteiger partial charge >= 0.3 is 5.69 Å². The summed E-state index contributed by atoms with van der Waals surface area (Å²) in [5.41, 5.74) is -0.461. The van der Waals surface area contributed by atoms with Crippen molar-refractivity contribution in [1.29, 1.82) is 0 Å². The number of amides is 1. The van der Waals surface area contributed by atoms with Crippen molar-refractivity contribution in [2.75, 3.05) is 19.6 Å². The van der Waals surface area contributed by atoms with Crippen LogP contribution in [0.15, 0.2) is 9.59 Å². The first-order valence-corrected chi connectivity index (χ1v) is 9.53. The van der Waals surface area contributed by atoms with Crippen LogP contribution in [-0.4, -0.2) is 56.0 Å². The van der Waals surface area contributed by atoms with Crippen molar-refractivity contribution in [3.63, 3.8) is 0 Å². The van der Waals surface area contributed by atoms with E-state index in [2.05, 4.69) is 39.0 Å². The van der Waals surface area contributed by atoms with Gasteiger partial charge in [0.1, 0.15) is 11.3 Å². The first kappa shape index (κ1) is 19.3. The molecule has 27 heavy (non-hydrogen) atoms. The largest absolute Gasteiger partial charge is 0.355 e. The fourth-order valence-corrected chi connectivity index (χ4v) is 3.61. The zero-order valence-corrected chi connectivity index (χ0v) is 16.2. The van der Waals surface area contributed by atoms with Crippen LogP contribution in [0.3, 0.4) is 0 Å². The summed E-state index contributed by atoms with van der Waals surface area (Å²) in [7, 11) is 1.54. The van der Waals surface area contributed by atoms with Crippen molar-refractivity contribution in [2.24, 2.45) is 13.0 Å². The van der Waals surface area contributed by atoms with Gasteiger partial charge in [0.15, 0.2) is 5.65 Å². The van der Waals surface area contributed by atoms with Gasteiger partial charge in [0.05, 0.1) is 0 Å². The van der Waals surface area contributed by atoms with Crippen molar-refractivity contribution in [1.82, 2.24) is 29.7 Å². The Bertz CT molecular complexity index is 927. The zero-order valence-electron chi connectivity index (χ0n) is 16.2. The molecule has 2 unspecified atom stereocenters. The van der Waals surface area contributed by atoms with Crippen molar-refractivity contribution < 1.29 is 4.79 Å². The molecule has 1 fully saturated rings. The molecule has 3 rings (SSSR count). The van der Waals surface area contributed by atoms with E-state index < -0.39 is 11.2 Å². The van der Waals surface area contributed by atoms with Crippen LogP contribution in [0.5, 0.6) is 0 Å². The monoisotopic (exact) mass is 376 g/mol. The number of aryl methyl sites for hydroxylation is 2. The molecule has 0 aliphatic carbocycles. The number of hydrogen-bond acceptors (Lipinski definition) is 5. The summed E-state index contributed by atoms with van der Waals surface area (Å²) in [6.45, 7) is 7.22. The molecule has 0 aromatic carbocycles. The van der Waals surface area contributed by atoms with Gasteiger partial charge in [-0.2, -0.15) is 0 Å². The van der Waals surface area contributed by atoms with E-state index in [4.69, 9.17) is 0 Å². The minimum absolute atomic E-state index is 0.0461. The maximum Gasteiger partial charge on any atom is 0.329 e. The molecule has 0 saturated carbocycles. The summed E-state index contributed by atoms with van der Waals surface area (Å²) in [6.07, 6.45) is 3.15. The minimum atomic E-state index is -0.510.